The highest BCUT2D eigenvalue weighted by Crippen LogP contribution is 2.46. The number of phenols is 1. The first-order valence-corrected chi connectivity index (χ1v) is 11.7. The summed E-state index contributed by atoms with van der Waals surface area (Å²) in [5.74, 6) is 1.16. The van der Waals surface area contributed by atoms with Crippen molar-refractivity contribution in [1.29, 1.82) is 0 Å². The Bertz CT molecular complexity index is 1110. The summed E-state index contributed by atoms with van der Waals surface area (Å²) < 4.78 is 0. The van der Waals surface area contributed by atoms with Gasteiger partial charge in [0.15, 0.2) is 5.82 Å². The Morgan fingerprint density at radius 2 is 1.75 bits per heavy atom. The van der Waals surface area contributed by atoms with Gasteiger partial charge in [-0.1, -0.05) is 6.07 Å². The molecule has 6 rings (SSSR count). The first-order valence-electron chi connectivity index (χ1n) is 11.7. The molecule has 0 radical (unpaired) electrons. The molecule has 3 aliphatic rings. The average molecular weight is 431 g/mol. The number of H-pyrrole nitrogens is 1. The number of benzene rings is 1. The van der Waals surface area contributed by atoms with Crippen molar-refractivity contribution >= 4 is 5.82 Å². The minimum atomic E-state index is 0.195. The Kier molecular flexibility index (Phi) is 4.34. The van der Waals surface area contributed by atoms with E-state index in [0.717, 1.165) is 29.8 Å². The van der Waals surface area contributed by atoms with Gasteiger partial charge in [0.1, 0.15) is 5.75 Å². The maximum absolute atomic E-state index is 10.6. The van der Waals surface area contributed by atoms with Crippen molar-refractivity contribution in [3.05, 3.63) is 42.7 Å². The van der Waals surface area contributed by atoms with E-state index in [2.05, 4.69) is 50.5 Å². The maximum atomic E-state index is 10.6. The quantitative estimate of drug-likeness (QED) is 0.560. The molecule has 4 heterocycles. The highest BCUT2D eigenvalue weighted by atomic mass is 16.3. The van der Waals surface area contributed by atoms with Gasteiger partial charge < -0.3 is 15.3 Å². The third-order valence-electron chi connectivity index (χ3n) is 7.56. The fourth-order valence-electron chi connectivity index (χ4n) is 5.99. The summed E-state index contributed by atoms with van der Waals surface area (Å²) in [6, 6.07) is 10.8. The lowest BCUT2D eigenvalue weighted by Gasteiger charge is -2.46. The zero-order chi connectivity index (χ0) is 21.9. The van der Waals surface area contributed by atoms with Gasteiger partial charge in [-0.25, -0.2) is 0 Å². The molecule has 1 aromatic carbocycles. The van der Waals surface area contributed by atoms with Crippen LogP contribution in [0.1, 0.15) is 52.4 Å². The van der Waals surface area contributed by atoms with E-state index < -0.39 is 0 Å². The van der Waals surface area contributed by atoms with Crippen molar-refractivity contribution in [3.63, 3.8) is 0 Å². The van der Waals surface area contributed by atoms with Crippen LogP contribution in [0.4, 0.5) is 5.82 Å². The number of phenolic OH excluding ortho intramolecular Hbond substituents is 1. The highest BCUT2D eigenvalue weighted by molar-refractivity contribution is 5.73. The second-order valence-electron chi connectivity index (χ2n) is 10.4. The normalized spacial score (nSPS) is 29.2. The van der Waals surface area contributed by atoms with Gasteiger partial charge in [0.25, 0.3) is 0 Å². The van der Waals surface area contributed by atoms with Crippen LogP contribution in [-0.4, -0.2) is 48.7 Å². The number of nitrogens with zero attached hydrogens (tertiary/aromatic N) is 4. The lowest BCUT2D eigenvalue weighted by molar-refractivity contribution is 0.203. The molecule has 3 atom stereocenters. The van der Waals surface area contributed by atoms with E-state index in [0.29, 0.717) is 23.3 Å². The van der Waals surface area contributed by atoms with Crippen molar-refractivity contribution in [2.24, 2.45) is 0 Å². The monoisotopic (exact) mass is 430 g/mol. The predicted octanol–water partition coefficient (Wildman–Crippen LogP) is 4.27. The molecule has 7 heteroatoms. The molecule has 2 aromatic heterocycles. The van der Waals surface area contributed by atoms with Crippen LogP contribution in [0.25, 0.3) is 22.4 Å². The summed E-state index contributed by atoms with van der Waals surface area (Å²) in [6.45, 7) is 4.75. The number of anilines is 1. The Morgan fingerprint density at radius 1 is 0.969 bits per heavy atom. The lowest BCUT2D eigenvalue weighted by atomic mass is 9.84. The van der Waals surface area contributed by atoms with Gasteiger partial charge in [-0.05, 0) is 82.2 Å². The summed E-state index contributed by atoms with van der Waals surface area (Å²) in [5, 5.41) is 30.5. The fraction of sp³-hybridized carbons (Fsp3) is 0.480. The molecular weight excluding hydrogens is 400 g/mol. The Hall–Kier alpha value is -2.93. The van der Waals surface area contributed by atoms with E-state index >= 15 is 0 Å². The standard InChI is InChI=1S/C25H30N6O/c1-24-9-10-25(2,30-24)13-19(12-24)31(18-4-5-18)23-8-7-21(28-29-23)20-6-3-16(11-22(20)32)17-14-26-27-15-17/h3,6-8,11,14-15,18-19,30,32H,4-5,9-10,12-13H2,1-2H3,(H,26,27)/t19?,24-,25+. The lowest BCUT2D eigenvalue weighted by Crippen LogP contribution is -2.59. The van der Waals surface area contributed by atoms with E-state index in [1.54, 1.807) is 12.3 Å². The zero-order valence-electron chi connectivity index (χ0n) is 18.7. The second kappa shape index (κ2) is 7.04. The number of aromatic hydroxyl groups is 1. The molecule has 32 heavy (non-hydrogen) atoms. The maximum Gasteiger partial charge on any atom is 0.151 e. The third-order valence-corrected chi connectivity index (χ3v) is 7.56. The van der Waals surface area contributed by atoms with Gasteiger partial charge in [-0.15, -0.1) is 10.2 Å². The number of aromatic nitrogens is 4. The van der Waals surface area contributed by atoms with Crippen LogP contribution in [0.2, 0.25) is 0 Å². The average Bonchev–Trinajstić information content (AvgIpc) is 3.37. The molecule has 0 spiro atoms. The van der Waals surface area contributed by atoms with E-state index in [1.807, 2.05) is 24.4 Å². The van der Waals surface area contributed by atoms with Crippen LogP contribution < -0.4 is 10.2 Å². The van der Waals surface area contributed by atoms with E-state index in [-0.39, 0.29) is 16.8 Å². The first-order chi connectivity index (χ1) is 15.4. The smallest absolute Gasteiger partial charge is 0.151 e. The molecule has 2 bridgehead atoms. The van der Waals surface area contributed by atoms with Gasteiger partial charge in [0, 0.05) is 40.5 Å². The van der Waals surface area contributed by atoms with E-state index in [4.69, 9.17) is 0 Å². The van der Waals surface area contributed by atoms with Gasteiger partial charge in [0.2, 0.25) is 0 Å². The fourth-order valence-corrected chi connectivity index (χ4v) is 5.99. The zero-order valence-corrected chi connectivity index (χ0v) is 18.7. The number of piperidine rings is 1. The second-order valence-corrected chi connectivity index (χ2v) is 10.4. The number of fused-ring (bicyclic) bond motifs is 2. The molecule has 1 saturated carbocycles. The molecule has 7 nitrogen and oxygen atoms in total. The predicted molar refractivity (Wildman–Crippen MR) is 124 cm³/mol. The van der Waals surface area contributed by atoms with Crippen LogP contribution in [0.3, 0.4) is 0 Å². The van der Waals surface area contributed by atoms with Crippen molar-refractivity contribution in [1.82, 2.24) is 25.7 Å². The molecule has 1 unspecified atom stereocenters. The van der Waals surface area contributed by atoms with Crippen molar-refractivity contribution in [2.45, 2.75) is 75.5 Å². The summed E-state index contributed by atoms with van der Waals surface area (Å²) >= 11 is 0. The summed E-state index contributed by atoms with van der Waals surface area (Å²) in [7, 11) is 0. The summed E-state index contributed by atoms with van der Waals surface area (Å²) in [5.41, 5.74) is 3.67. The molecule has 2 saturated heterocycles. The number of nitrogens with one attached hydrogen (secondary N) is 2. The van der Waals surface area contributed by atoms with Crippen molar-refractivity contribution in [2.75, 3.05) is 4.90 Å². The van der Waals surface area contributed by atoms with E-state index in [1.165, 1.54) is 25.7 Å². The van der Waals surface area contributed by atoms with Crippen LogP contribution in [0.5, 0.6) is 5.75 Å². The molecule has 3 aromatic rings. The van der Waals surface area contributed by atoms with Crippen LogP contribution in [-0.2, 0) is 0 Å². The van der Waals surface area contributed by atoms with Gasteiger partial charge >= 0.3 is 0 Å². The molecular formula is C25H30N6O. The van der Waals surface area contributed by atoms with Gasteiger partial charge in [-0.3, -0.25) is 5.10 Å². The van der Waals surface area contributed by atoms with Crippen molar-refractivity contribution in [3.8, 4) is 28.1 Å². The van der Waals surface area contributed by atoms with Crippen LogP contribution >= 0.6 is 0 Å². The van der Waals surface area contributed by atoms with Crippen molar-refractivity contribution < 1.29 is 5.11 Å². The largest absolute Gasteiger partial charge is 0.507 e. The highest BCUT2D eigenvalue weighted by Gasteiger charge is 2.51. The number of rotatable bonds is 5. The summed E-state index contributed by atoms with van der Waals surface area (Å²) in [6.07, 6.45) is 10.8. The Morgan fingerprint density at radius 3 is 2.34 bits per heavy atom. The molecule has 1 aliphatic carbocycles. The number of aromatic amines is 1. The molecule has 3 N–H and O–H groups in total. The molecule has 166 valence electrons. The molecule has 3 fully saturated rings. The van der Waals surface area contributed by atoms with Crippen LogP contribution in [0.15, 0.2) is 42.7 Å². The van der Waals surface area contributed by atoms with Gasteiger partial charge in [0.05, 0.1) is 11.9 Å². The Balaban J connectivity index is 1.27. The molecule has 2 aliphatic heterocycles. The van der Waals surface area contributed by atoms with Gasteiger partial charge in [-0.2, -0.15) is 5.10 Å². The minimum absolute atomic E-state index is 0.195. The van der Waals surface area contributed by atoms with Crippen LogP contribution in [0, 0.1) is 0 Å². The minimum Gasteiger partial charge on any atom is -0.507 e. The topological polar surface area (TPSA) is 90.0 Å². The SMILES string of the molecule is C[C@]12CC[C@](C)(CC(N(c3ccc(-c4ccc(-c5cn[nH]c5)cc4O)nn3)C3CC3)C1)N2. The van der Waals surface area contributed by atoms with E-state index in [9.17, 15) is 5.11 Å². The first kappa shape index (κ1) is 19.7. The Labute approximate surface area is 188 Å². The number of hydrogen-bond donors (Lipinski definition) is 3. The molecule has 0 amide bonds. The third kappa shape index (κ3) is 3.45. The number of hydrogen-bond acceptors (Lipinski definition) is 6. The summed E-state index contributed by atoms with van der Waals surface area (Å²) in [4.78, 5) is 2.54.